The van der Waals surface area contributed by atoms with Crippen LogP contribution >= 0.6 is 0 Å². The lowest BCUT2D eigenvalue weighted by atomic mass is 10.1. The van der Waals surface area contributed by atoms with Crippen LogP contribution in [0.5, 0.6) is 0 Å². The molecule has 6 heteroatoms. The van der Waals surface area contributed by atoms with Gasteiger partial charge in [0.2, 0.25) is 5.91 Å². The number of anilines is 2. The number of ether oxygens (including phenoxy) is 1. The fourth-order valence-corrected chi connectivity index (χ4v) is 3.26. The molecule has 0 saturated carbocycles. The number of nitrogens with two attached hydrogens (primary N) is 1. The Hall–Kier alpha value is -2.86. The number of carbonyl (C=O) groups is 2. The zero-order valence-corrected chi connectivity index (χ0v) is 14.8. The van der Waals surface area contributed by atoms with Gasteiger partial charge in [-0.2, -0.15) is 0 Å². The quantitative estimate of drug-likeness (QED) is 0.638. The molecule has 3 N–H and O–H groups in total. The van der Waals surface area contributed by atoms with Crippen LogP contribution in [0.2, 0.25) is 0 Å². The summed E-state index contributed by atoms with van der Waals surface area (Å²) in [4.78, 5) is 26.7. The Labute approximate surface area is 152 Å². The molecule has 0 aromatic heterocycles. The van der Waals surface area contributed by atoms with Crippen molar-refractivity contribution in [3.8, 4) is 0 Å². The summed E-state index contributed by atoms with van der Waals surface area (Å²) < 4.78 is 4.72. The highest BCUT2D eigenvalue weighted by atomic mass is 16.5. The summed E-state index contributed by atoms with van der Waals surface area (Å²) in [5.41, 5.74) is 8.34. The van der Waals surface area contributed by atoms with Crippen LogP contribution in [0, 0.1) is 0 Å². The number of esters is 1. The Balaban J connectivity index is 1.72. The first-order valence-electron chi connectivity index (χ1n) is 8.65. The highest BCUT2D eigenvalue weighted by molar-refractivity contribution is 5.99. The smallest absolute Gasteiger partial charge is 0.337 e. The van der Waals surface area contributed by atoms with E-state index < -0.39 is 5.97 Å². The first kappa shape index (κ1) is 17.9. The summed E-state index contributed by atoms with van der Waals surface area (Å²) in [5, 5.41) is 2.87. The molecule has 26 heavy (non-hydrogen) atoms. The molecule has 1 amide bonds. The maximum Gasteiger partial charge on any atom is 0.337 e. The van der Waals surface area contributed by atoms with Gasteiger partial charge < -0.3 is 15.8 Å². The van der Waals surface area contributed by atoms with Crippen molar-refractivity contribution < 1.29 is 14.3 Å². The summed E-state index contributed by atoms with van der Waals surface area (Å²) in [6.45, 7) is 1.61. The molecule has 0 unspecified atom stereocenters. The van der Waals surface area contributed by atoms with E-state index in [0.717, 1.165) is 25.9 Å². The summed E-state index contributed by atoms with van der Waals surface area (Å²) in [7, 11) is 1.32. The van der Waals surface area contributed by atoms with Gasteiger partial charge in [-0.1, -0.05) is 30.3 Å². The zero-order valence-electron chi connectivity index (χ0n) is 14.8. The van der Waals surface area contributed by atoms with E-state index in [1.807, 2.05) is 18.2 Å². The van der Waals surface area contributed by atoms with Gasteiger partial charge in [0.05, 0.1) is 30.1 Å². The molecule has 0 aliphatic carbocycles. The molecule has 1 atom stereocenters. The van der Waals surface area contributed by atoms with Crippen LogP contribution in [0.3, 0.4) is 0 Å². The number of hydrogen-bond acceptors (Lipinski definition) is 5. The van der Waals surface area contributed by atoms with Crippen molar-refractivity contribution in [2.24, 2.45) is 0 Å². The van der Waals surface area contributed by atoms with E-state index in [1.165, 1.54) is 12.7 Å². The van der Waals surface area contributed by atoms with Crippen LogP contribution < -0.4 is 11.1 Å². The number of carbonyl (C=O) groups excluding carboxylic acids is 2. The minimum atomic E-state index is -0.466. The second-order valence-corrected chi connectivity index (χ2v) is 6.40. The average Bonchev–Trinajstić information content (AvgIpc) is 3.12. The number of amides is 1. The first-order chi connectivity index (χ1) is 12.6. The highest BCUT2D eigenvalue weighted by Crippen LogP contribution is 2.25. The molecular formula is C20H23N3O3. The van der Waals surface area contributed by atoms with Gasteiger partial charge in [-0.25, -0.2) is 4.79 Å². The molecule has 1 aliphatic heterocycles. The molecule has 0 spiro atoms. The van der Waals surface area contributed by atoms with Crippen LogP contribution in [0.25, 0.3) is 0 Å². The van der Waals surface area contributed by atoms with Crippen LogP contribution in [-0.4, -0.2) is 36.5 Å². The number of hydrogen-bond donors (Lipinski definition) is 2. The Kier molecular flexibility index (Phi) is 5.53. The molecule has 2 aromatic carbocycles. The number of nitrogens with zero attached hydrogens (tertiary/aromatic N) is 1. The van der Waals surface area contributed by atoms with Crippen LogP contribution in [0.1, 0.15) is 28.8 Å². The topological polar surface area (TPSA) is 84.7 Å². The van der Waals surface area contributed by atoms with Crippen molar-refractivity contribution in [3.63, 3.8) is 0 Å². The number of benzene rings is 2. The van der Waals surface area contributed by atoms with E-state index in [9.17, 15) is 9.59 Å². The monoisotopic (exact) mass is 353 g/mol. The van der Waals surface area contributed by atoms with E-state index in [-0.39, 0.29) is 11.9 Å². The van der Waals surface area contributed by atoms with Crippen LogP contribution in [0.15, 0.2) is 48.5 Å². The Bertz CT molecular complexity index is 792. The van der Waals surface area contributed by atoms with Gasteiger partial charge >= 0.3 is 5.97 Å². The molecule has 136 valence electrons. The minimum absolute atomic E-state index is 0.104. The number of methoxy groups -OCH3 is 1. The summed E-state index contributed by atoms with van der Waals surface area (Å²) in [6.07, 6.45) is 1.78. The SMILES string of the molecule is COC(=O)c1ccc(N)c(NC(=O)[C@@H]2CCCN2Cc2ccccc2)c1. The lowest BCUT2D eigenvalue weighted by Crippen LogP contribution is -2.39. The maximum atomic E-state index is 12.8. The normalized spacial score (nSPS) is 17.0. The standard InChI is InChI=1S/C20H23N3O3/c1-26-20(25)15-9-10-16(21)17(12-15)22-19(24)18-8-5-11-23(18)13-14-6-3-2-4-7-14/h2-4,6-7,9-10,12,18H,5,8,11,13,21H2,1H3,(H,22,24)/t18-/m0/s1. The Morgan fingerprint density at radius 3 is 2.73 bits per heavy atom. The molecular weight excluding hydrogens is 330 g/mol. The van der Waals surface area contributed by atoms with Crippen LogP contribution in [0.4, 0.5) is 11.4 Å². The van der Waals surface area contributed by atoms with E-state index in [2.05, 4.69) is 22.3 Å². The molecule has 2 aromatic rings. The third-order valence-corrected chi connectivity index (χ3v) is 4.63. The van der Waals surface area contributed by atoms with Gasteiger partial charge in [0.1, 0.15) is 0 Å². The second-order valence-electron chi connectivity index (χ2n) is 6.40. The lowest BCUT2D eigenvalue weighted by Gasteiger charge is -2.24. The van der Waals surface area contributed by atoms with Crippen molar-refractivity contribution in [1.29, 1.82) is 0 Å². The van der Waals surface area contributed by atoms with Crippen molar-refractivity contribution >= 4 is 23.3 Å². The predicted molar refractivity (Wildman–Crippen MR) is 101 cm³/mol. The van der Waals surface area contributed by atoms with Gasteiger partial charge in [0.15, 0.2) is 0 Å². The summed E-state index contributed by atoms with van der Waals surface area (Å²) in [6, 6.07) is 14.6. The van der Waals surface area contributed by atoms with Gasteiger partial charge in [-0.05, 0) is 43.1 Å². The van der Waals surface area contributed by atoms with E-state index in [0.29, 0.717) is 16.9 Å². The predicted octanol–water partition coefficient (Wildman–Crippen LogP) is 2.66. The molecule has 3 rings (SSSR count). The molecule has 0 radical (unpaired) electrons. The van der Waals surface area contributed by atoms with Crippen molar-refractivity contribution in [2.75, 3.05) is 24.7 Å². The minimum Gasteiger partial charge on any atom is -0.465 e. The summed E-state index contributed by atoms with van der Waals surface area (Å²) in [5.74, 6) is -0.570. The Morgan fingerprint density at radius 1 is 1.23 bits per heavy atom. The number of likely N-dealkylation sites (tertiary alicyclic amines) is 1. The van der Waals surface area contributed by atoms with E-state index >= 15 is 0 Å². The molecule has 1 fully saturated rings. The van der Waals surface area contributed by atoms with E-state index in [4.69, 9.17) is 10.5 Å². The fourth-order valence-electron chi connectivity index (χ4n) is 3.26. The number of rotatable bonds is 5. The number of nitrogen functional groups attached to an aromatic ring is 1. The van der Waals surface area contributed by atoms with Gasteiger partial charge in [0.25, 0.3) is 0 Å². The second kappa shape index (κ2) is 8.01. The third kappa shape index (κ3) is 4.03. The molecule has 1 saturated heterocycles. The van der Waals surface area contributed by atoms with Gasteiger partial charge in [-0.3, -0.25) is 9.69 Å². The maximum absolute atomic E-state index is 12.8. The first-order valence-corrected chi connectivity index (χ1v) is 8.65. The average molecular weight is 353 g/mol. The molecule has 1 aliphatic rings. The van der Waals surface area contributed by atoms with Gasteiger partial charge in [0, 0.05) is 6.54 Å². The van der Waals surface area contributed by atoms with Crippen LogP contribution in [-0.2, 0) is 16.1 Å². The molecule has 6 nitrogen and oxygen atoms in total. The van der Waals surface area contributed by atoms with Crippen molar-refractivity contribution in [1.82, 2.24) is 4.90 Å². The zero-order chi connectivity index (χ0) is 18.5. The van der Waals surface area contributed by atoms with E-state index in [1.54, 1.807) is 18.2 Å². The largest absolute Gasteiger partial charge is 0.465 e. The summed E-state index contributed by atoms with van der Waals surface area (Å²) >= 11 is 0. The van der Waals surface area contributed by atoms with Crippen molar-refractivity contribution in [2.45, 2.75) is 25.4 Å². The highest BCUT2D eigenvalue weighted by Gasteiger charge is 2.31. The van der Waals surface area contributed by atoms with Gasteiger partial charge in [-0.15, -0.1) is 0 Å². The number of nitrogens with one attached hydrogen (secondary N) is 1. The van der Waals surface area contributed by atoms with Crippen molar-refractivity contribution in [3.05, 3.63) is 59.7 Å². The fraction of sp³-hybridized carbons (Fsp3) is 0.300. The third-order valence-electron chi connectivity index (χ3n) is 4.63. The molecule has 1 heterocycles. The molecule has 0 bridgehead atoms. The lowest BCUT2D eigenvalue weighted by molar-refractivity contribution is -0.120. The Morgan fingerprint density at radius 2 is 2.00 bits per heavy atom.